The number of rotatable bonds is 11. The van der Waals surface area contributed by atoms with Crippen LogP contribution in [0.15, 0.2) is 60.7 Å². The lowest BCUT2D eigenvalue weighted by Gasteiger charge is -2.15. The van der Waals surface area contributed by atoms with Crippen molar-refractivity contribution in [3.05, 3.63) is 105 Å². The Balaban J connectivity index is 1.54. The number of benzene rings is 4. The molecule has 10 nitrogen and oxygen atoms in total. The minimum Gasteiger partial charge on any atom is -0.493 e. The molecule has 0 saturated heterocycles. The highest BCUT2D eigenvalue weighted by molar-refractivity contribution is 5.94. The maximum Gasteiger partial charge on any atom is 0.344 e. The van der Waals surface area contributed by atoms with Crippen molar-refractivity contribution < 1.29 is 49.0 Å². The molecule has 0 aliphatic heterocycles. The van der Waals surface area contributed by atoms with Crippen LogP contribution in [0.3, 0.4) is 0 Å². The zero-order valence-corrected chi connectivity index (χ0v) is 24.8. The third kappa shape index (κ3) is 6.74. The van der Waals surface area contributed by atoms with Gasteiger partial charge < -0.3 is 39.4 Å². The molecule has 0 bridgehead atoms. The Morgan fingerprint density at radius 1 is 0.545 bits per heavy atom. The lowest BCUT2D eigenvalue weighted by atomic mass is 9.96. The summed E-state index contributed by atoms with van der Waals surface area (Å²) in [6.45, 7) is 2.18. The molecule has 0 saturated carbocycles. The molecule has 0 aliphatic carbocycles. The molecule has 230 valence electrons. The van der Waals surface area contributed by atoms with Crippen LogP contribution in [0.2, 0.25) is 0 Å². The maximum absolute atomic E-state index is 13.0. The first-order chi connectivity index (χ1) is 21.2. The summed E-state index contributed by atoms with van der Waals surface area (Å²) < 4.78 is 21.7. The zero-order chi connectivity index (χ0) is 32.0. The van der Waals surface area contributed by atoms with E-state index in [2.05, 4.69) is 0 Å². The van der Waals surface area contributed by atoms with E-state index < -0.39 is 25.2 Å². The van der Waals surface area contributed by atoms with Crippen LogP contribution in [0, 0.1) is 13.8 Å². The zero-order valence-electron chi connectivity index (χ0n) is 24.8. The third-order valence-electron chi connectivity index (χ3n) is 7.26. The number of ether oxygens (including phenoxy) is 4. The predicted octanol–water partition coefficient (Wildman–Crippen LogP) is 4.40. The second-order valence-electron chi connectivity index (χ2n) is 10.0. The SMILES string of the molecule is COc1cc(CO)c(C(=O)Oc2ccc(-c3ccc(OC(=O)c4cc(CO)c(CO)cc4CO)cc3C)c(C)c2)cc1OC. The number of aryl methyl sites for hydroxylation is 2. The minimum atomic E-state index is -0.707. The van der Waals surface area contributed by atoms with Crippen molar-refractivity contribution in [1.29, 1.82) is 0 Å². The van der Waals surface area contributed by atoms with Crippen molar-refractivity contribution in [2.24, 2.45) is 0 Å². The number of carbonyl (C=O) groups is 2. The number of esters is 2. The quantitative estimate of drug-likeness (QED) is 0.144. The molecule has 0 amide bonds. The Hall–Kier alpha value is -4.74. The van der Waals surface area contributed by atoms with Crippen molar-refractivity contribution in [1.82, 2.24) is 0 Å². The number of hydrogen-bond donors (Lipinski definition) is 4. The van der Waals surface area contributed by atoms with E-state index in [9.17, 15) is 30.0 Å². The predicted molar refractivity (Wildman–Crippen MR) is 161 cm³/mol. The van der Waals surface area contributed by atoms with Gasteiger partial charge in [-0.2, -0.15) is 0 Å². The summed E-state index contributed by atoms with van der Waals surface area (Å²) in [5.74, 6) is -0.0578. The highest BCUT2D eigenvalue weighted by Crippen LogP contribution is 2.34. The molecule has 0 unspecified atom stereocenters. The first-order valence-electron chi connectivity index (χ1n) is 13.7. The van der Waals surface area contributed by atoms with Crippen LogP contribution in [0.4, 0.5) is 0 Å². The third-order valence-corrected chi connectivity index (χ3v) is 7.26. The average Bonchev–Trinajstić information content (AvgIpc) is 3.03. The van der Waals surface area contributed by atoms with E-state index in [-0.39, 0.29) is 35.7 Å². The van der Waals surface area contributed by atoms with Gasteiger partial charge in [-0.25, -0.2) is 9.59 Å². The first-order valence-corrected chi connectivity index (χ1v) is 13.7. The van der Waals surface area contributed by atoms with E-state index in [1.807, 2.05) is 26.0 Å². The Bertz CT molecular complexity index is 1570. The largest absolute Gasteiger partial charge is 0.493 e. The molecule has 0 aliphatic rings. The Morgan fingerprint density at radius 2 is 0.955 bits per heavy atom. The number of aliphatic hydroxyl groups is 4. The van der Waals surface area contributed by atoms with Crippen molar-refractivity contribution in [2.75, 3.05) is 14.2 Å². The summed E-state index contributed by atoms with van der Waals surface area (Å²) >= 11 is 0. The van der Waals surface area contributed by atoms with Gasteiger partial charge >= 0.3 is 11.9 Å². The second kappa shape index (κ2) is 14.2. The molecule has 4 aromatic rings. The van der Waals surface area contributed by atoms with Gasteiger partial charge in [-0.3, -0.25) is 0 Å². The molecule has 4 N–H and O–H groups in total. The number of methoxy groups -OCH3 is 2. The van der Waals surface area contributed by atoms with Crippen LogP contribution < -0.4 is 18.9 Å². The van der Waals surface area contributed by atoms with E-state index in [1.54, 1.807) is 24.3 Å². The van der Waals surface area contributed by atoms with Crippen molar-refractivity contribution in [2.45, 2.75) is 40.3 Å². The smallest absolute Gasteiger partial charge is 0.344 e. The normalized spacial score (nSPS) is 10.8. The number of aliphatic hydroxyl groups excluding tert-OH is 4. The molecule has 4 rings (SSSR count). The highest BCUT2D eigenvalue weighted by atomic mass is 16.5. The molecular formula is C34H34O10. The Kier molecular flexibility index (Phi) is 10.4. The van der Waals surface area contributed by atoms with Gasteiger partial charge in [0.1, 0.15) is 11.5 Å². The van der Waals surface area contributed by atoms with Crippen LogP contribution in [0.25, 0.3) is 11.1 Å². The highest BCUT2D eigenvalue weighted by Gasteiger charge is 2.20. The molecule has 0 spiro atoms. The second-order valence-corrected chi connectivity index (χ2v) is 10.0. The summed E-state index contributed by atoms with van der Waals surface area (Å²) in [6.07, 6.45) is 0. The van der Waals surface area contributed by atoms with Crippen molar-refractivity contribution >= 4 is 11.9 Å². The Morgan fingerprint density at radius 3 is 1.39 bits per heavy atom. The molecule has 0 aromatic heterocycles. The monoisotopic (exact) mass is 602 g/mol. The lowest BCUT2D eigenvalue weighted by Crippen LogP contribution is -2.13. The first kappa shape index (κ1) is 32.2. The van der Waals surface area contributed by atoms with E-state index in [1.165, 1.54) is 38.5 Å². The van der Waals surface area contributed by atoms with Crippen LogP contribution in [0.1, 0.15) is 54.1 Å². The molecule has 0 heterocycles. The van der Waals surface area contributed by atoms with Crippen LogP contribution in [-0.2, 0) is 26.4 Å². The fourth-order valence-corrected chi connectivity index (χ4v) is 4.93. The van der Waals surface area contributed by atoms with E-state index in [0.717, 1.165) is 22.3 Å². The van der Waals surface area contributed by atoms with Crippen LogP contribution in [0.5, 0.6) is 23.0 Å². The van der Waals surface area contributed by atoms with E-state index >= 15 is 0 Å². The van der Waals surface area contributed by atoms with Gasteiger partial charge in [0.2, 0.25) is 0 Å². The number of carbonyl (C=O) groups excluding carboxylic acids is 2. The van der Waals surface area contributed by atoms with Gasteiger partial charge in [0.25, 0.3) is 0 Å². The van der Waals surface area contributed by atoms with Gasteiger partial charge in [-0.1, -0.05) is 12.1 Å². The fraction of sp³-hybridized carbons (Fsp3) is 0.235. The fourth-order valence-electron chi connectivity index (χ4n) is 4.93. The molecule has 0 radical (unpaired) electrons. The van der Waals surface area contributed by atoms with Gasteiger partial charge in [0, 0.05) is 0 Å². The van der Waals surface area contributed by atoms with Gasteiger partial charge in [-0.05, 0) is 107 Å². The summed E-state index contributed by atoms with van der Waals surface area (Å²) in [5.41, 5.74) is 5.02. The standard InChI is InChI=1S/C34H34O10/c1-19-9-25(43-33(39)29-12-22(16-36)21(15-35)11-23(29)17-37)5-7-27(19)28-8-6-26(10-20(28)2)44-34(40)30-14-32(42-4)31(41-3)13-24(30)18-38/h5-14,35-38H,15-18H2,1-4H3. The van der Waals surface area contributed by atoms with Crippen LogP contribution in [-0.4, -0.2) is 46.6 Å². The minimum absolute atomic E-state index is 0.0932. The molecular weight excluding hydrogens is 568 g/mol. The van der Waals surface area contributed by atoms with E-state index in [4.69, 9.17) is 18.9 Å². The van der Waals surface area contributed by atoms with Gasteiger partial charge in [-0.15, -0.1) is 0 Å². The summed E-state index contributed by atoms with van der Waals surface area (Å²) in [5, 5.41) is 38.6. The lowest BCUT2D eigenvalue weighted by molar-refractivity contribution is 0.0721. The van der Waals surface area contributed by atoms with E-state index in [0.29, 0.717) is 33.9 Å². The molecule has 0 fully saturated rings. The molecule has 0 atom stereocenters. The van der Waals surface area contributed by atoms with Gasteiger partial charge in [0.15, 0.2) is 11.5 Å². The molecule has 4 aromatic carbocycles. The van der Waals surface area contributed by atoms with Crippen molar-refractivity contribution in [3.8, 4) is 34.1 Å². The Labute approximate surface area is 254 Å². The van der Waals surface area contributed by atoms with Crippen molar-refractivity contribution in [3.63, 3.8) is 0 Å². The molecule has 44 heavy (non-hydrogen) atoms. The number of hydrogen-bond acceptors (Lipinski definition) is 10. The topological polar surface area (TPSA) is 152 Å². The molecule has 10 heteroatoms. The average molecular weight is 603 g/mol. The summed E-state index contributed by atoms with van der Waals surface area (Å²) in [4.78, 5) is 26.0. The van der Waals surface area contributed by atoms with Gasteiger partial charge in [0.05, 0.1) is 51.8 Å². The summed E-state index contributed by atoms with van der Waals surface area (Å²) in [6, 6.07) is 16.3. The summed E-state index contributed by atoms with van der Waals surface area (Å²) in [7, 11) is 2.91. The van der Waals surface area contributed by atoms with Crippen LogP contribution >= 0.6 is 0 Å². The maximum atomic E-state index is 13.0.